The minimum Gasteiger partial charge on any atom is -0.353 e. The molecule has 15 heavy (non-hydrogen) atoms. The molecule has 0 unspecified atom stereocenters. The first kappa shape index (κ1) is 10.6. The topological polar surface area (TPSA) is 29.0 Å². The van der Waals surface area contributed by atoms with Crippen LogP contribution in [0, 0.1) is 0 Å². The summed E-state index contributed by atoms with van der Waals surface area (Å²) >= 11 is 5.02. The Morgan fingerprint density at radius 2 is 2.33 bits per heavy atom. The molecule has 0 aliphatic carbocycles. The molecule has 0 amide bonds. The first-order chi connectivity index (χ1) is 7.25. The van der Waals surface area contributed by atoms with Gasteiger partial charge in [-0.1, -0.05) is 6.07 Å². The first-order valence-corrected chi connectivity index (χ1v) is 6.15. The van der Waals surface area contributed by atoms with Gasteiger partial charge in [-0.15, -0.1) is 11.3 Å². The van der Waals surface area contributed by atoms with Gasteiger partial charge in [0.05, 0.1) is 6.54 Å². The summed E-state index contributed by atoms with van der Waals surface area (Å²) in [5.74, 6) is 0.944. The smallest absolute Gasteiger partial charge is 0.129 e. The lowest BCUT2D eigenvalue weighted by molar-refractivity contribution is 0.885. The number of aromatic nitrogens is 2. The van der Waals surface area contributed by atoms with E-state index in [1.54, 1.807) is 11.3 Å². The summed E-state index contributed by atoms with van der Waals surface area (Å²) in [6, 6.07) is 5.88. The highest BCUT2D eigenvalue weighted by molar-refractivity contribution is 9.10. The summed E-state index contributed by atoms with van der Waals surface area (Å²) < 4.78 is 0.853. The number of hydrogen-bond acceptors (Lipinski definition) is 4. The van der Waals surface area contributed by atoms with Crippen LogP contribution in [0.2, 0.25) is 0 Å². The number of pyridine rings is 1. The summed E-state index contributed by atoms with van der Waals surface area (Å²) in [5, 5.41) is 3.08. The van der Waals surface area contributed by atoms with Crippen LogP contribution in [0.1, 0.15) is 5.01 Å². The van der Waals surface area contributed by atoms with Crippen molar-refractivity contribution < 1.29 is 0 Å². The van der Waals surface area contributed by atoms with Gasteiger partial charge in [0.1, 0.15) is 15.4 Å². The van der Waals surface area contributed by atoms with Gasteiger partial charge in [-0.05, 0) is 28.1 Å². The number of nitrogens with zero attached hydrogens (tertiary/aromatic N) is 3. The van der Waals surface area contributed by atoms with E-state index >= 15 is 0 Å². The average molecular weight is 284 g/mol. The van der Waals surface area contributed by atoms with Crippen molar-refractivity contribution in [2.75, 3.05) is 11.9 Å². The number of hydrogen-bond donors (Lipinski definition) is 0. The lowest BCUT2D eigenvalue weighted by Crippen LogP contribution is -2.17. The number of anilines is 1. The summed E-state index contributed by atoms with van der Waals surface area (Å²) in [4.78, 5) is 10.7. The van der Waals surface area contributed by atoms with Gasteiger partial charge in [0.15, 0.2) is 0 Å². The molecule has 2 aromatic rings. The van der Waals surface area contributed by atoms with Crippen molar-refractivity contribution >= 4 is 33.1 Å². The third-order valence-corrected chi connectivity index (χ3v) is 3.15. The van der Waals surface area contributed by atoms with Gasteiger partial charge in [0.25, 0.3) is 0 Å². The lowest BCUT2D eigenvalue weighted by atomic mass is 10.4. The van der Waals surface area contributed by atoms with Gasteiger partial charge in [0, 0.05) is 18.6 Å². The number of thiazole rings is 1. The van der Waals surface area contributed by atoms with Crippen molar-refractivity contribution in [3.63, 3.8) is 0 Å². The van der Waals surface area contributed by atoms with E-state index in [0.29, 0.717) is 0 Å². The average Bonchev–Trinajstić information content (AvgIpc) is 2.70. The van der Waals surface area contributed by atoms with Crippen LogP contribution in [0.4, 0.5) is 5.82 Å². The van der Waals surface area contributed by atoms with Crippen molar-refractivity contribution in [2.24, 2.45) is 0 Å². The molecule has 0 aromatic carbocycles. The van der Waals surface area contributed by atoms with Gasteiger partial charge in [-0.3, -0.25) is 0 Å². The predicted molar refractivity (Wildman–Crippen MR) is 66.2 cm³/mol. The van der Waals surface area contributed by atoms with Crippen molar-refractivity contribution in [1.82, 2.24) is 9.97 Å². The summed E-state index contributed by atoms with van der Waals surface area (Å²) in [6.45, 7) is 0.793. The van der Waals surface area contributed by atoms with Crippen LogP contribution < -0.4 is 4.90 Å². The van der Waals surface area contributed by atoms with Crippen LogP contribution in [0.15, 0.2) is 34.4 Å². The molecule has 3 nitrogen and oxygen atoms in total. The molecule has 0 N–H and O–H groups in total. The second kappa shape index (κ2) is 4.72. The molecule has 0 fully saturated rings. The second-order valence-corrected chi connectivity index (χ2v) is 4.89. The molecule has 0 bridgehead atoms. The number of halogens is 1. The minimum atomic E-state index is 0.793. The Balaban J connectivity index is 2.11. The Morgan fingerprint density at radius 3 is 3.00 bits per heavy atom. The maximum atomic E-state index is 4.37. The second-order valence-electron chi connectivity index (χ2n) is 3.10. The van der Waals surface area contributed by atoms with Crippen LogP contribution >= 0.6 is 27.3 Å². The molecular formula is C10H10BrN3S. The van der Waals surface area contributed by atoms with Gasteiger partial charge in [0.2, 0.25) is 0 Å². The fraction of sp³-hybridized carbons (Fsp3) is 0.200. The zero-order chi connectivity index (χ0) is 10.7. The van der Waals surface area contributed by atoms with E-state index in [1.165, 1.54) is 0 Å². The van der Waals surface area contributed by atoms with Crippen LogP contribution in [0.25, 0.3) is 0 Å². The quantitative estimate of drug-likeness (QED) is 0.811. The van der Waals surface area contributed by atoms with Gasteiger partial charge < -0.3 is 4.90 Å². The van der Waals surface area contributed by atoms with E-state index in [9.17, 15) is 0 Å². The van der Waals surface area contributed by atoms with E-state index in [1.807, 2.05) is 36.8 Å². The highest BCUT2D eigenvalue weighted by Crippen LogP contribution is 2.16. The molecule has 0 atom stereocenters. The van der Waals surface area contributed by atoms with E-state index in [-0.39, 0.29) is 0 Å². The normalized spacial score (nSPS) is 10.3. The summed E-state index contributed by atoms with van der Waals surface area (Å²) in [5.41, 5.74) is 0. The molecule has 0 saturated heterocycles. The van der Waals surface area contributed by atoms with Crippen LogP contribution in [-0.4, -0.2) is 17.0 Å². The largest absolute Gasteiger partial charge is 0.353 e. The Kier molecular flexibility index (Phi) is 3.33. The van der Waals surface area contributed by atoms with Crippen molar-refractivity contribution in [2.45, 2.75) is 6.54 Å². The standard InChI is InChI=1S/C10H10BrN3S/c1-14(7-10-12-5-6-15-10)9-4-2-3-8(11)13-9/h2-6H,7H2,1H3. The lowest BCUT2D eigenvalue weighted by Gasteiger charge is -2.16. The third-order valence-electron chi connectivity index (χ3n) is 1.95. The highest BCUT2D eigenvalue weighted by Gasteiger charge is 2.05. The van der Waals surface area contributed by atoms with Crippen molar-refractivity contribution in [3.8, 4) is 0 Å². The third kappa shape index (κ3) is 2.76. The highest BCUT2D eigenvalue weighted by atomic mass is 79.9. The molecular weight excluding hydrogens is 274 g/mol. The van der Waals surface area contributed by atoms with Crippen LogP contribution in [0.3, 0.4) is 0 Å². The van der Waals surface area contributed by atoms with E-state index in [4.69, 9.17) is 0 Å². The maximum Gasteiger partial charge on any atom is 0.129 e. The SMILES string of the molecule is CN(Cc1nccs1)c1cccc(Br)n1. The molecule has 2 aromatic heterocycles. The monoisotopic (exact) mass is 283 g/mol. The number of rotatable bonds is 3. The minimum absolute atomic E-state index is 0.793. The molecule has 0 aliphatic rings. The Bertz CT molecular complexity index is 430. The van der Waals surface area contributed by atoms with E-state index < -0.39 is 0 Å². The first-order valence-electron chi connectivity index (χ1n) is 4.48. The Labute approximate surface area is 101 Å². The van der Waals surface area contributed by atoms with E-state index in [2.05, 4.69) is 30.8 Å². The van der Waals surface area contributed by atoms with Gasteiger partial charge in [-0.2, -0.15) is 0 Å². The maximum absolute atomic E-state index is 4.37. The van der Waals surface area contributed by atoms with Gasteiger partial charge >= 0.3 is 0 Å². The van der Waals surface area contributed by atoms with Crippen LogP contribution in [0.5, 0.6) is 0 Å². The fourth-order valence-electron chi connectivity index (χ4n) is 1.23. The van der Waals surface area contributed by atoms with Crippen molar-refractivity contribution in [1.29, 1.82) is 0 Å². The summed E-state index contributed by atoms with van der Waals surface area (Å²) in [7, 11) is 2.01. The van der Waals surface area contributed by atoms with Crippen molar-refractivity contribution in [3.05, 3.63) is 39.4 Å². The molecule has 2 heterocycles. The fourth-order valence-corrected chi connectivity index (χ4v) is 2.23. The zero-order valence-corrected chi connectivity index (χ0v) is 10.6. The van der Waals surface area contributed by atoms with E-state index in [0.717, 1.165) is 22.0 Å². The molecule has 0 spiro atoms. The van der Waals surface area contributed by atoms with Crippen LogP contribution in [-0.2, 0) is 6.54 Å². The van der Waals surface area contributed by atoms with Gasteiger partial charge in [-0.25, -0.2) is 9.97 Å². The molecule has 0 radical (unpaired) electrons. The zero-order valence-electron chi connectivity index (χ0n) is 8.22. The Hall–Kier alpha value is -0.940. The Morgan fingerprint density at radius 1 is 1.47 bits per heavy atom. The summed E-state index contributed by atoms with van der Waals surface area (Å²) in [6.07, 6.45) is 1.82. The molecule has 0 aliphatic heterocycles. The molecule has 0 saturated carbocycles. The molecule has 5 heteroatoms. The molecule has 2 rings (SSSR count). The predicted octanol–water partition coefficient (Wildman–Crippen LogP) is 2.94. The molecule has 78 valence electrons.